The maximum Gasteiger partial charge on any atom is 0.496 e. The molecular weight excluding hydrogens is 319 g/mol. The number of amides is 1. The summed E-state index contributed by atoms with van der Waals surface area (Å²) in [4.78, 5) is 29.9. The van der Waals surface area contributed by atoms with Crippen LogP contribution in [0.3, 0.4) is 0 Å². The van der Waals surface area contributed by atoms with E-state index in [9.17, 15) is 9.59 Å². The van der Waals surface area contributed by atoms with E-state index in [1.165, 1.54) is 0 Å². The molecule has 1 aliphatic carbocycles. The second-order valence-corrected chi connectivity index (χ2v) is 8.20. The van der Waals surface area contributed by atoms with Gasteiger partial charge < -0.3 is 9.31 Å². The lowest BCUT2D eigenvalue weighted by molar-refractivity contribution is -0.126. The summed E-state index contributed by atoms with van der Waals surface area (Å²) in [6.07, 6.45) is 3.71. The van der Waals surface area contributed by atoms with Crippen molar-refractivity contribution in [2.45, 2.75) is 70.6 Å². The van der Waals surface area contributed by atoms with Gasteiger partial charge in [-0.2, -0.15) is 0 Å². The zero-order valence-corrected chi connectivity index (χ0v) is 15.2. The van der Waals surface area contributed by atoms with Crippen LogP contribution in [0.4, 0.5) is 5.82 Å². The number of fused-ring (bicyclic) bond motifs is 1. The van der Waals surface area contributed by atoms with Crippen molar-refractivity contribution in [2.24, 2.45) is 0 Å². The molecule has 0 bridgehead atoms. The number of carbonyl (C=O) groups excluding carboxylic acids is 2. The number of pyridine rings is 1. The van der Waals surface area contributed by atoms with Crippen LogP contribution in [0, 0.1) is 0 Å². The molecule has 25 heavy (non-hydrogen) atoms. The molecule has 0 aromatic carbocycles. The van der Waals surface area contributed by atoms with Gasteiger partial charge >= 0.3 is 7.12 Å². The van der Waals surface area contributed by atoms with E-state index >= 15 is 0 Å². The lowest BCUT2D eigenvalue weighted by atomic mass is 9.78. The minimum atomic E-state index is -0.459. The number of ketones is 1. The molecule has 0 radical (unpaired) electrons. The molecule has 132 valence electrons. The molecule has 1 aromatic heterocycles. The molecule has 1 saturated carbocycles. The summed E-state index contributed by atoms with van der Waals surface area (Å²) in [6.45, 7) is 8.08. The summed E-state index contributed by atoms with van der Waals surface area (Å²) in [5.74, 6) is 0.952. The van der Waals surface area contributed by atoms with Crippen LogP contribution in [0.1, 0.15) is 52.5 Å². The van der Waals surface area contributed by atoms with E-state index < -0.39 is 18.3 Å². The summed E-state index contributed by atoms with van der Waals surface area (Å²) in [6, 6.07) is 2.00. The zero-order valence-electron chi connectivity index (χ0n) is 15.2. The van der Waals surface area contributed by atoms with Crippen molar-refractivity contribution in [1.29, 1.82) is 0 Å². The highest BCUT2D eigenvalue weighted by atomic mass is 16.7. The van der Waals surface area contributed by atoms with E-state index in [0.29, 0.717) is 31.5 Å². The second kappa shape index (κ2) is 5.38. The fourth-order valence-corrected chi connectivity index (χ4v) is 3.54. The molecular formula is C18H23BN2O4. The van der Waals surface area contributed by atoms with Crippen molar-refractivity contribution in [1.82, 2.24) is 4.98 Å². The third-order valence-corrected chi connectivity index (χ3v) is 5.89. The molecule has 6 nitrogen and oxygen atoms in total. The standard InChI is InChI=1S/C18H23BN2O4/c1-17(2)18(3,4)25-19(24-17)12-7-11-5-6-15(23)21(16(11)20-10-12)13-8-14(22)9-13/h7,10,13H,5-6,8-9H2,1-4H3. The Labute approximate surface area is 148 Å². The molecule has 0 spiro atoms. The van der Waals surface area contributed by atoms with Crippen molar-refractivity contribution in [2.75, 3.05) is 4.90 Å². The molecule has 1 saturated heterocycles. The van der Waals surface area contributed by atoms with Gasteiger partial charge in [-0.1, -0.05) is 6.07 Å². The Balaban J connectivity index is 1.63. The number of carbonyl (C=O) groups is 2. The first-order valence-corrected chi connectivity index (χ1v) is 8.86. The van der Waals surface area contributed by atoms with Gasteiger partial charge in [0.25, 0.3) is 0 Å². The van der Waals surface area contributed by atoms with Gasteiger partial charge in [-0.15, -0.1) is 0 Å². The maximum absolute atomic E-state index is 12.3. The van der Waals surface area contributed by atoms with Gasteiger partial charge in [0.05, 0.1) is 17.2 Å². The van der Waals surface area contributed by atoms with Gasteiger partial charge in [0, 0.05) is 30.9 Å². The van der Waals surface area contributed by atoms with E-state index in [-0.39, 0.29) is 17.7 Å². The first-order valence-electron chi connectivity index (χ1n) is 8.86. The lowest BCUT2D eigenvalue weighted by Crippen LogP contribution is -2.51. The van der Waals surface area contributed by atoms with Crippen LogP contribution in [0.2, 0.25) is 0 Å². The molecule has 0 N–H and O–H groups in total. The Kier molecular flexibility index (Phi) is 3.60. The van der Waals surface area contributed by atoms with E-state index in [1.807, 2.05) is 33.8 Å². The number of hydrogen-bond acceptors (Lipinski definition) is 5. The molecule has 1 amide bonds. The Morgan fingerprint density at radius 3 is 2.36 bits per heavy atom. The number of nitrogens with zero attached hydrogens (tertiary/aromatic N) is 2. The fourth-order valence-electron chi connectivity index (χ4n) is 3.54. The normalized spacial score (nSPS) is 25.1. The number of rotatable bonds is 2. The average molecular weight is 342 g/mol. The number of Topliss-reactive ketones (excluding diaryl/α,β-unsaturated/α-hetero) is 1. The Hall–Kier alpha value is -1.73. The van der Waals surface area contributed by atoms with Crippen LogP contribution >= 0.6 is 0 Å². The highest BCUT2D eigenvalue weighted by Crippen LogP contribution is 2.37. The van der Waals surface area contributed by atoms with Crippen LogP contribution in [0.25, 0.3) is 0 Å². The van der Waals surface area contributed by atoms with Gasteiger partial charge in [-0.25, -0.2) is 4.98 Å². The number of hydrogen-bond donors (Lipinski definition) is 0. The summed E-state index contributed by atoms with van der Waals surface area (Å²) in [5.41, 5.74) is 1.09. The van der Waals surface area contributed by atoms with Crippen molar-refractivity contribution >= 4 is 30.1 Å². The fraction of sp³-hybridized carbons (Fsp3) is 0.611. The first-order chi connectivity index (χ1) is 11.7. The summed E-state index contributed by atoms with van der Waals surface area (Å²) >= 11 is 0. The van der Waals surface area contributed by atoms with E-state index in [2.05, 4.69) is 4.98 Å². The minimum Gasteiger partial charge on any atom is -0.399 e. The summed E-state index contributed by atoms with van der Waals surface area (Å²) in [7, 11) is -0.459. The Morgan fingerprint density at radius 1 is 1.12 bits per heavy atom. The molecule has 2 fully saturated rings. The number of aromatic nitrogens is 1. The van der Waals surface area contributed by atoms with Gasteiger partial charge in [0.2, 0.25) is 5.91 Å². The van der Waals surface area contributed by atoms with Gasteiger partial charge in [0.1, 0.15) is 11.6 Å². The van der Waals surface area contributed by atoms with Gasteiger partial charge in [-0.05, 0) is 39.7 Å². The molecule has 0 unspecified atom stereocenters. The molecule has 7 heteroatoms. The molecule has 2 aliphatic heterocycles. The largest absolute Gasteiger partial charge is 0.496 e. The monoisotopic (exact) mass is 342 g/mol. The predicted molar refractivity (Wildman–Crippen MR) is 93.8 cm³/mol. The molecule has 1 aromatic rings. The number of aryl methyl sites for hydroxylation is 1. The van der Waals surface area contributed by atoms with Crippen molar-refractivity contribution in [3.05, 3.63) is 17.8 Å². The molecule has 3 heterocycles. The quantitative estimate of drug-likeness (QED) is 0.760. The molecule has 4 rings (SSSR count). The summed E-state index contributed by atoms with van der Waals surface area (Å²) in [5, 5.41) is 0. The third-order valence-electron chi connectivity index (χ3n) is 5.89. The van der Waals surface area contributed by atoms with Crippen LogP contribution in [-0.4, -0.2) is 41.0 Å². The smallest absolute Gasteiger partial charge is 0.399 e. The zero-order chi connectivity index (χ0) is 18.0. The Morgan fingerprint density at radius 2 is 1.76 bits per heavy atom. The van der Waals surface area contributed by atoms with E-state index in [1.54, 1.807) is 11.1 Å². The highest BCUT2D eigenvalue weighted by Gasteiger charge is 2.52. The summed E-state index contributed by atoms with van der Waals surface area (Å²) < 4.78 is 12.2. The lowest BCUT2D eigenvalue weighted by Gasteiger charge is -2.39. The van der Waals surface area contributed by atoms with E-state index in [4.69, 9.17) is 9.31 Å². The minimum absolute atomic E-state index is 0.0331. The van der Waals surface area contributed by atoms with Crippen molar-refractivity contribution in [3.63, 3.8) is 0 Å². The SMILES string of the molecule is CC1(C)OB(c2cnc3c(c2)CCC(=O)N3C2CC(=O)C2)OC1(C)C. The van der Waals surface area contributed by atoms with Gasteiger partial charge in [0.15, 0.2) is 0 Å². The number of anilines is 1. The predicted octanol–water partition coefficient (Wildman–Crippen LogP) is 1.39. The van der Waals surface area contributed by atoms with Crippen molar-refractivity contribution < 1.29 is 18.9 Å². The van der Waals surface area contributed by atoms with Crippen LogP contribution in [0.5, 0.6) is 0 Å². The van der Waals surface area contributed by atoms with E-state index in [0.717, 1.165) is 11.0 Å². The topological polar surface area (TPSA) is 68.7 Å². The van der Waals surface area contributed by atoms with Crippen LogP contribution in [0.15, 0.2) is 12.3 Å². The van der Waals surface area contributed by atoms with Crippen molar-refractivity contribution in [3.8, 4) is 0 Å². The third kappa shape index (κ3) is 2.61. The molecule has 3 aliphatic rings. The van der Waals surface area contributed by atoms with Gasteiger partial charge in [-0.3, -0.25) is 14.5 Å². The van der Waals surface area contributed by atoms with Crippen LogP contribution in [-0.2, 0) is 25.3 Å². The Bertz CT molecular complexity index is 737. The average Bonchev–Trinajstić information content (AvgIpc) is 2.72. The first kappa shape index (κ1) is 16.7. The van der Waals surface area contributed by atoms with Crippen LogP contribution < -0.4 is 10.4 Å². The second-order valence-electron chi connectivity index (χ2n) is 8.20. The maximum atomic E-state index is 12.3. The highest BCUT2D eigenvalue weighted by molar-refractivity contribution is 6.62. The molecule has 0 atom stereocenters.